The van der Waals surface area contributed by atoms with E-state index in [9.17, 15) is 4.79 Å². The van der Waals surface area contributed by atoms with Crippen LogP contribution in [0, 0.1) is 5.92 Å². The first-order chi connectivity index (χ1) is 19.6. The van der Waals surface area contributed by atoms with Crippen molar-refractivity contribution in [1.29, 1.82) is 0 Å². The Morgan fingerprint density at radius 1 is 1.39 bits per heavy atom. The highest BCUT2D eigenvalue weighted by Gasteiger charge is 2.11. The van der Waals surface area contributed by atoms with Gasteiger partial charge in [0, 0.05) is 38.1 Å². The summed E-state index contributed by atoms with van der Waals surface area (Å²) in [4.78, 5) is 29.6. The van der Waals surface area contributed by atoms with Crippen LogP contribution in [-0.4, -0.2) is 53.2 Å². The smallest absolute Gasteiger partial charge is 0.255 e. The lowest BCUT2D eigenvalue weighted by Crippen LogP contribution is -2.32. The maximum Gasteiger partial charge on any atom is 0.255 e. The fourth-order valence-electron chi connectivity index (χ4n) is 3.95. The zero-order valence-electron chi connectivity index (χ0n) is 25.0. The zero-order valence-corrected chi connectivity index (χ0v) is 25.8. The molecule has 2 aromatic heterocycles. The summed E-state index contributed by atoms with van der Waals surface area (Å²) in [5.74, 6) is 0.562. The number of nitrogens with one attached hydrogen (secondary N) is 2. The van der Waals surface area contributed by atoms with E-state index in [1.165, 1.54) is 30.7 Å². The molecule has 10 nitrogen and oxygen atoms in total. The number of fused-ring (bicyclic) bond motifs is 1. The van der Waals surface area contributed by atoms with Gasteiger partial charge in [-0.15, -0.1) is 0 Å². The van der Waals surface area contributed by atoms with E-state index in [4.69, 9.17) is 15.6 Å². The van der Waals surface area contributed by atoms with Crippen molar-refractivity contribution in [2.45, 2.75) is 66.0 Å². The molecule has 0 radical (unpaired) electrons. The Morgan fingerprint density at radius 3 is 2.59 bits per heavy atom. The van der Waals surface area contributed by atoms with Gasteiger partial charge in [0.15, 0.2) is 5.13 Å². The van der Waals surface area contributed by atoms with E-state index in [1.807, 2.05) is 37.4 Å². The fraction of sp³-hybridized carbons (Fsp3) is 0.467. The highest BCUT2D eigenvalue weighted by Crippen LogP contribution is 2.24. The minimum atomic E-state index is -0.180. The molecule has 0 saturated carbocycles. The van der Waals surface area contributed by atoms with Gasteiger partial charge >= 0.3 is 0 Å². The van der Waals surface area contributed by atoms with Gasteiger partial charge in [-0.1, -0.05) is 37.8 Å². The number of aromatic nitrogens is 2. The van der Waals surface area contributed by atoms with Gasteiger partial charge in [0.1, 0.15) is 5.49 Å². The van der Waals surface area contributed by atoms with Gasteiger partial charge in [0.25, 0.3) is 5.91 Å². The summed E-state index contributed by atoms with van der Waals surface area (Å²) in [6, 6.07) is 10.2. The first kappa shape index (κ1) is 35.5. The van der Waals surface area contributed by atoms with Gasteiger partial charge in [0.05, 0.1) is 15.8 Å². The number of hydrogen-bond acceptors (Lipinski definition) is 8. The predicted molar refractivity (Wildman–Crippen MR) is 170 cm³/mol. The van der Waals surface area contributed by atoms with Gasteiger partial charge in [-0.2, -0.15) is 0 Å². The van der Waals surface area contributed by atoms with E-state index in [1.54, 1.807) is 17.7 Å². The van der Waals surface area contributed by atoms with Crippen molar-refractivity contribution >= 4 is 44.7 Å². The van der Waals surface area contributed by atoms with Crippen molar-refractivity contribution < 1.29 is 14.7 Å². The molecule has 11 heteroatoms. The molecule has 226 valence electrons. The molecule has 1 saturated heterocycles. The Bertz CT molecular complexity index is 1290. The molecule has 1 aliphatic rings. The van der Waals surface area contributed by atoms with Crippen molar-refractivity contribution in [2.75, 3.05) is 25.9 Å². The van der Waals surface area contributed by atoms with E-state index in [-0.39, 0.29) is 12.3 Å². The average Bonchev–Trinajstić information content (AvgIpc) is 3.58. The summed E-state index contributed by atoms with van der Waals surface area (Å²) in [5, 5.41) is 15.1. The van der Waals surface area contributed by atoms with Gasteiger partial charge in [-0.25, -0.2) is 4.98 Å². The molecular formula is C30H47N7O3S. The van der Waals surface area contributed by atoms with Gasteiger partial charge in [-0.3, -0.25) is 14.6 Å². The number of aliphatic hydroxyl groups is 1. The highest BCUT2D eigenvalue weighted by molar-refractivity contribution is 7.22. The molecule has 0 spiro atoms. The molecule has 1 atom stereocenters. The standard InChI is InChI=1S/C18H19N5OS.C6H14O.C5H11N.CH3NO/c1-11(2)23-8-4-5-13(16(23)20-3)17(24)21-10-12-6-7-14-15(9-12)25-18(19)22-14;1-6(2)4-3-5-7;1-5-3-2-4-6-5;2-1-3/h4-9H,1,10H2,2-3H3,(H2,19,22)(H,21,24);6-7H,3-5H2,1-2H3;5-6H,2-4H2,1H3;1H,(H2,2,3). The monoisotopic (exact) mass is 585 g/mol. The third kappa shape index (κ3) is 13.1. The summed E-state index contributed by atoms with van der Waals surface area (Å²) >= 11 is 1.43. The summed E-state index contributed by atoms with van der Waals surface area (Å²) < 4.78 is 2.80. The molecule has 1 aliphatic heterocycles. The third-order valence-electron chi connectivity index (χ3n) is 6.00. The number of nitrogens with two attached hydrogens (primary N) is 2. The average molecular weight is 586 g/mol. The van der Waals surface area contributed by atoms with Crippen molar-refractivity contribution in [2.24, 2.45) is 16.6 Å². The zero-order chi connectivity index (χ0) is 30.8. The van der Waals surface area contributed by atoms with E-state index in [0.717, 1.165) is 46.3 Å². The van der Waals surface area contributed by atoms with Gasteiger partial charge < -0.3 is 31.8 Å². The number of carbonyl (C=O) groups excluding carboxylic acids is 2. The number of allylic oxidation sites excluding steroid dienone is 1. The van der Waals surface area contributed by atoms with Crippen molar-refractivity contribution in [3.8, 4) is 0 Å². The van der Waals surface area contributed by atoms with Gasteiger partial charge in [0.2, 0.25) is 6.41 Å². The lowest BCUT2D eigenvalue weighted by atomic mass is 10.1. The predicted octanol–water partition coefficient (Wildman–Crippen LogP) is 3.91. The first-order valence-corrected chi connectivity index (χ1v) is 14.6. The summed E-state index contributed by atoms with van der Waals surface area (Å²) in [6.45, 7) is 14.3. The molecule has 2 amide bonds. The molecule has 0 aliphatic carbocycles. The Hall–Kier alpha value is -3.54. The first-order valence-electron chi connectivity index (χ1n) is 13.8. The van der Waals surface area contributed by atoms with Crippen LogP contribution in [-0.2, 0) is 11.3 Å². The number of nitrogen functional groups attached to an aromatic ring is 1. The minimum absolute atomic E-state index is 0.180. The van der Waals surface area contributed by atoms with Crippen LogP contribution in [0.2, 0.25) is 0 Å². The van der Waals surface area contributed by atoms with Crippen LogP contribution in [0.4, 0.5) is 5.13 Å². The number of benzene rings is 1. The molecule has 4 rings (SSSR count). The summed E-state index contributed by atoms with van der Waals surface area (Å²) in [5.41, 5.74) is 13.6. The number of nitrogens with zero attached hydrogens (tertiary/aromatic N) is 3. The number of anilines is 1. The highest BCUT2D eigenvalue weighted by atomic mass is 32.1. The van der Waals surface area contributed by atoms with Crippen LogP contribution >= 0.6 is 11.3 Å². The number of amides is 2. The normalized spacial score (nSPS) is 14.2. The molecule has 3 aromatic rings. The molecule has 7 N–H and O–H groups in total. The van der Waals surface area contributed by atoms with E-state index in [0.29, 0.717) is 29.3 Å². The largest absolute Gasteiger partial charge is 0.396 e. The second kappa shape index (κ2) is 19.5. The molecule has 1 aromatic carbocycles. The Balaban J connectivity index is 0.000000428. The maximum atomic E-state index is 12.6. The number of carbonyl (C=O) groups is 2. The number of thiazole rings is 1. The van der Waals surface area contributed by atoms with Crippen molar-refractivity contribution in [3.63, 3.8) is 0 Å². The number of rotatable bonds is 7. The van der Waals surface area contributed by atoms with Crippen molar-refractivity contribution in [1.82, 2.24) is 20.2 Å². The lowest BCUT2D eigenvalue weighted by molar-refractivity contribution is -0.106. The quantitative estimate of drug-likeness (QED) is 0.264. The van der Waals surface area contributed by atoms with E-state index >= 15 is 0 Å². The Kier molecular flexibility index (Phi) is 16.9. The van der Waals surface area contributed by atoms with Crippen LogP contribution in [0.5, 0.6) is 0 Å². The second-order valence-corrected chi connectivity index (χ2v) is 11.1. The number of aliphatic hydroxyl groups excluding tert-OH is 1. The summed E-state index contributed by atoms with van der Waals surface area (Å²) in [6.07, 6.45) is 6.94. The lowest BCUT2D eigenvalue weighted by Gasteiger charge is -2.11. The molecule has 41 heavy (non-hydrogen) atoms. The van der Waals surface area contributed by atoms with Crippen LogP contribution in [0.1, 0.15) is 69.3 Å². The third-order valence-corrected chi connectivity index (χ3v) is 6.85. The van der Waals surface area contributed by atoms with Gasteiger partial charge in [-0.05, 0) is 81.8 Å². The molecule has 1 unspecified atom stereocenters. The fourth-order valence-corrected chi connectivity index (χ4v) is 4.74. The Morgan fingerprint density at radius 2 is 2.10 bits per heavy atom. The van der Waals surface area contributed by atoms with Crippen LogP contribution in [0.15, 0.2) is 48.1 Å². The maximum absolute atomic E-state index is 12.6. The number of pyridine rings is 1. The van der Waals surface area contributed by atoms with E-state index < -0.39 is 0 Å². The van der Waals surface area contributed by atoms with Crippen LogP contribution in [0.3, 0.4) is 0 Å². The van der Waals surface area contributed by atoms with Crippen LogP contribution < -0.4 is 27.6 Å². The van der Waals surface area contributed by atoms with Crippen molar-refractivity contribution in [3.05, 3.63) is 59.7 Å². The molecule has 1 fully saturated rings. The topological polar surface area (TPSA) is 161 Å². The molecular weight excluding hydrogens is 538 g/mol. The number of primary amides is 1. The molecule has 0 bridgehead atoms. The summed E-state index contributed by atoms with van der Waals surface area (Å²) in [7, 11) is 1.66. The minimum Gasteiger partial charge on any atom is -0.396 e. The van der Waals surface area contributed by atoms with E-state index in [2.05, 4.69) is 53.7 Å². The van der Waals surface area contributed by atoms with Crippen LogP contribution in [0.25, 0.3) is 15.9 Å². The molecule has 3 heterocycles. The Labute approximate surface area is 247 Å². The SMILES string of the molecule is C=C(C)n1cccc(C(=O)NCc2ccc3nc(N)sc3c2)c1=NC.CC(C)CCCO.CC1CCCN1.NC=O. The second-order valence-electron chi connectivity index (χ2n) is 10.0. The number of hydrogen-bond donors (Lipinski definition) is 5.